The molecule has 0 unspecified atom stereocenters. The van der Waals surface area contributed by atoms with Gasteiger partial charge in [0.25, 0.3) is 0 Å². The Hall–Kier alpha value is -0.500. The Morgan fingerprint density at radius 2 is 2.08 bits per heavy atom. The lowest BCUT2D eigenvalue weighted by Crippen LogP contribution is -2.22. The highest BCUT2D eigenvalue weighted by molar-refractivity contribution is 6.17. The van der Waals surface area contributed by atoms with Crippen molar-refractivity contribution in [2.45, 2.75) is 32.8 Å². The first-order valence-corrected chi connectivity index (χ1v) is 4.44. The van der Waals surface area contributed by atoms with Crippen LogP contribution in [0.2, 0.25) is 0 Å². The number of hydrogen-bond donors (Lipinski definition) is 0. The smallest absolute Gasteiger partial charge is 0.330 e. The second kappa shape index (κ2) is 5.20. The van der Waals surface area contributed by atoms with Crippen molar-refractivity contribution in [2.24, 2.45) is 0 Å². The molecule has 0 radical (unpaired) electrons. The molecule has 0 aliphatic rings. The van der Waals surface area contributed by atoms with Crippen LogP contribution in [0, 0.1) is 0 Å². The highest BCUT2D eigenvalue weighted by Gasteiger charge is 2.13. The van der Waals surface area contributed by atoms with Crippen LogP contribution in [0.25, 0.3) is 0 Å². The van der Waals surface area contributed by atoms with E-state index in [2.05, 4.69) is 0 Å². The largest absolute Gasteiger partial charge is 0.457 e. The first kappa shape index (κ1) is 11.5. The van der Waals surface area contributed by atoms with Gasteiger partial charge >= 0.3 is 5.97 Å². The summed E-state index contributed by atoms with van der Waals surface area (Å²) in [4.78, 5) is 11.0. The molecule has 0 aromatic rings. The SMILES string of the molecule is CC(C)(C)OC(=O)/C=C/CCCl. The first-order chi connectivity index (χ1) is 5.45. The zero-order valence-corrected chi connectivity index (χ0v) is 8.52. The Balaban J connectivity index is 3.75. The van der Waals surface area contributed by atoms with Crippen LogP contribution >= 0.6 is 11.6 Å². The lowest BCUT2D eigenvalue weighted by molar-refractivity contribution is -0.148. The van der Waals surface area contributed by atoms with Crippen molar-refractivity contribution >= 4 is 17.6 Å². The van der Waals surface area contributed by atoms with Gasteiger partial charge < -0.3 is 4.74 Å². The number of esters is 1. The van der Waals surface area contributed by atoms with E-state index in [9.17, 15) is 4.79 Å². The number of rotatable bonds is 3. The molecule has 0 N–H and O–H groups in total. The van der Waals surface area contributed by atoms with Crippen molar-refractivity contribution in [3.05, 3.63) is 12.2 Å². The van der Waals surface area contributed by atoms with Crippen LogP contribution in [-0.4, -0.2) is 17.5 Å². The third kappa shape index (κ3) is 7.61. The second-order valence-electron chi connectivity index (χ2n) is 3.41. The lowest BCUT2D eigenvalue weighted by atomic mass is 10.2. The molecule has 0 saturated carbocycles. The van der Waals surface area contributed by atoms with E-state index in [4.69, 9.17) is 16.3 Å². The maximum atomic E-state index is 11.0. The number of ether oxygens (including phenoxy) is 1. The molecule has 0 aliphatic heterocycles. The normalized spacial score (nSPS) is 12.0. The van der Waals surface area contributed by atoms with E-state index in [0.717, 1.165) is 0 Å². The fourth-order valence-corrected chi connectivity index (χ4v) is 0.704. The van der Waals surface area contributed by atoms with Crippen LogP contribution in [0.5, 0.6) is 0 Å². The fraction of sp³-hybridized carbons (Fsp3) is 0.667. The average Bonchev–Trinajstić information content (AvgIpc) is 1.84. The minimum absolute atomic E-state index is 0.312. The van der Waals surface area contributed by atoms with E-state index in [0.29, 0.717) is 12.3 Å². The van der Waals surface area contributed by atoms with Crippen LogP contribution in [0.3, 0.4) is 0 Å². The highest BCUT2D eigenvalue weighted by Crippen LogP contribution is 2.07. The summed E-state index contributed by atoms with van der Waals surface area (Å²) in [6.45, 7) is 5.50. The van der Waals surface area contributed by atoms with Crippen LogP contribution in [0.15, 0.2) is 12.2 Å². The summed E-state index contributed by atoms with van der Waals surface area (Å²) in [7, 11) is 0. The van der Waals surface area contributed by atoms with E-state index in [1.165, 1.54) is 6.08 Å². The van der Waals surface area contributed by atoms with E-state index < -0.39 is 5.60 Å². The van der Waals surface area contributed by atoms with Gasteiger partial charge in [-0.15, -0.1) is 11.6 Å². The second-order valence-corrected chi connectivity index (χ2v) is 3.79. The molecule has 2 nitrogen and oxygen atoms in total. The van der Waals surface area contributed by atoms with Gasteiger partial charge in [-0.25, -0.2) is 4.79 Å². The van der Waals surface area contributed by atoms with Gasteiger partial charge in [-0.05, 0) is 27.2 Å². The van der Waals surface area contributed by atoms with Crippen molar-refractivity contribution in [1.29, 1.82) is 0 Å². The minimum Gasteiger partial charge on any atom is -0.457 e. The van der Waals surface area contributed by atoms with E-state index in [1.54, 1.807) is 6.08 Å². The lowest BCUT2D eigenvalue weighted by Gasteiger charge is -2.17. The van der Waals surface area contributed by atoms with Crippen molar-refractivity contribution in [3.8, 4) is 0 Å². The van der Waals surface area contributed by atoms with Gasteiger partial charge in [-0.3, -0.25) is 0 Å². The van der Waals surface area contributed by atoms with Crippen molar-refractivity contribution in [3.63, 3.8) is 0 Å². The van der Waals surface area contributed by atoms with Gasteiger partial charge in [0.1, 0.15) is 5.60 Å². The Kier molecular flexibility index (Phi) is 4.98. The van der Waals surface area contributed by atoms with Gasteiger partial charge in [0.15, 0.2) is 0 Å². The Labute approximate surface area is 78.5 Å². The van der Waals surface area contributed by atoms with Crippen LogP contribution < -0.4 is 0 Å². The number of carbonyl (C=O) groups is 1. The number of alkyl halides is 1. The maximum absolute atomic E-state index is 11.0. The minimum atomic E-state index is -0.414. The summed E-state index contributed by atoms with van der Waals surface area (Å²) in [5.41, 5.74) is -0.414. The Morgan fingerprint density at radius 3 is 2.50 bits per heavy atom. The molecule has 0 saturated heterocycles. The molecule has 0 heterocycles. The third-order valence-corrected chi connectivity index (χ3v) is 1.15. The van der Waals surface area contributed by atoms with Gasteiger partial charge in [-0.2, -0.15) is 0 Å². The van der Waals surface area contributed by atoms with Crippen LogP contribution in [0.1, 0.15) is 27.2 Å². The third-order valence-electron chi connectivity index (χ3n) is 0.936. The Bertz CT molecular complexity index is 168. The predicted octanol–water partition coefficient (Wildman–Crippen LogP) is 2.51. The van der Waals surface area contributed by atoms with Gasteiger partial charge in [0, 0.05) is 12.0 Å². The average molecular weight is 191 g/mol. The Morgan fingerprint density at radius 1 is 1.50 bits per heavy atom. The summed E-state index contributed by atoms with van der Waals surface area (Å²) in [6, 6.07) is 0. The number of allylic oxidation sites excluding steroid dienone is 1. The summed E-state index contributed by atoms with van der Waals surface area (Å²) in [5.74, 6) is 0.215. The summed E-state index contributed by atoms with van der Waals surface area (Å²) >= 11 is 5.41. The molecule has 0 rings (SSSR count). The number of hydrogen-bond acceptors (Lipinski definition) is 2. The summed E-state index contributed by atoms with van der Waals surface area (Å²) in [6.07, 6.45) is 3.81. The zero-order chi connectivity index (χ0) is 9.61. The van der Waals surface area contributed by atoms with Crippen molar-refractivity contribution in [2.75, 3.05) is 5.88 Å². The number of carbonyl (C=O) groups excluding carboxylic acids is 1. The van der Waals surface area contributed by atoms with Crippen LogP contribution in [0.4, 0.5) is 0 Å². The van der Waals surface area contributed by atoms with E-state index in [-0.39, 0.29) is 5.97 Å². The molecule has 0 atom stereocenters. The van der Waals surface area contributed by atoms with Crippen molar-refractivity contribution < 1.29 is 9.53 Å². The summed E-state index contributed by atoms with van der Waals surface area (Å²) < 4.78 is 5.02. The topological polar surface area (TPSA) is 26.3 Å². The fourth-order valence-electron chi connectivity index (χ4n) is 0.578. The molecule has 12 heavy (non-hydrogen) atoms. The standard InChI is InChI=1S/C9H15ClO2/c1-9(2,3)12-8(11)6-4-5-7-10/h4,6H,5,7H2,1-3H3/b6-4+. The summed E-state index contributed by atoms with van der Waals surface area (Å²) in [5, 5.41) is 0. The molecular weight excluding hydrogens is 176 g/mol. The molecule has 0 fully saturated rings. The molecule has 0 bridgehead atoms. The number of halogens is 1. The van der Waals surface area contributed by atoms with Gasteiger partial charge in [0.05, 0.1) is 0 Å². The van der Waals surface area contributed by atoms with E-state index in [1.807, 2.05) is 20.8 Å². The first-order valence-electron chi connectivity index (χ1n) is 3.91. The molecule has 3 heteroatoms. The predicted molar refractivity (Wildman–Crippen MR) is 50.3 cm³/mol. The highest BCUT2D eigenvalue weighted by atomic mass is 35.5. The molecular formula is C9H15ClO2. The molecule has 70 valence electrons. The zero-order valence-electron chi connectivity index (χ0n) is 7.76. The molecule has 0 aliphatic carbocycles. The molecule has 0 aromatic heterocycles. The van der Waals surface area contributed by atoms with E-state index >= 15 is 0 Å². The van der Waals surface area contributed by atoms with Gasteiger partial charge in [-0.1, -0.05) is 6.08 Å². The molecule has 0 spiro atoms. The van der Waals surface area contributed by atoms with Crippen molar-refractivity contribution in [1.82, 2.24) is 0 Å². The maximum Gasteiger partial charge on any atom is 0.330 e. The quantitative estimate of drug-likeness (QED) is 0.388. The molecule has 0 aromatic carbocycles. The van der Waals surface area contributed by atoms with Gasteiger partial charge in [0.2, 0.25) is 0 Å². The van der Waals surface area contributed by atoms with Crippen LogP contribution in [-0.2, 0) is 9.53 Å². The molecule has 0 amide bonds. The monoisotopic (exact) mass is 190 g/mol.